The monoisotopic (exact) mass is 167 g/mol. The molecule has 0 aliphatic carbocycles. The van der Waals surface area contributed by atoms with Crippen molar-refractivity contribution in [1.82, 2.24) is 9.97 Å². The van der Waals surface area contributed by atoms with Crippen molar-refractivity contribution in [2.75, 3.05) is 0 Å². The van der Waals surface area contributed by atoms with E-state index in [0.717, 1.165) is 18.5 Å². The molecule has 0 bridgehead atoms. The van der Waals surface area contributed by atoms with Gasteiger partial charge in [-0.15, -0.1) is 0 Å². The number of aromatic amines is 1. The van der Waals surface area contributed by atoms with E-state index < -0.39 is 0 Å². The summed E-state index contributed by atoms with van der Waals surface area (Å²) in [5, 5.41) is 0. The molecule has 12 heavy (non-hydrogen) atoms. The number of nitrogens with one attached hydrogen (secondary N) is 1. The first-order chi connectivity index (χ1) is 5.75. The van der Waals surface area contributed by atoms with Gasteiger partial charge in [-0.25, -0.2) is 4.98 Å². The van der Waals surface area contributed by atoms with Crippen LogP contribution in [0.1, 0.15) is 38.3 Å². The Morgan fingerprint density at radius 1 is 1.67 bits per heavy atom. The van der Waals surface area contributed by atoms with E-state index in [4.69, 9.17) is 5.73 Å². The molecule has 2 unspecified atom stereocenters. The van der Waals surface area contributed by atoms with Gasteiger partial charge in [0, 0.05) is 23.9 Å². The van der Waals surface area contributed by atoms with Gasteiger partial charge >= 0.3 is 0 Å². The van der Waals surface area contributed by atoms with Crippen LogP contribution in [0.3, 0.4) is 0 Å². The van der Waals surface area contributed by atoms with E-state index in [-0.39, 0.29) is 6.04 Å². The van der Waals surface area contributed by atoms with Crippen LogP contribution in [-0.2, 0) is 0 Å². The molecule has 1 aromatic rings. The summed E-state index contributed by atoms with van der Waals surface area (Å²) >= 11 is 0. The number of imidazole rings is 1. The highest BCUT2D eigenvalue weighted by Gasteiger charge is 2.14. The zero-order chi connectivity index (χ0) is 8.97. The van der Waals surface area contributed by atoms with Crippen LogP contribution < -0.4 is 5.73 Å². The summed E-state index contributed by atoms with van der Waals surface area (Å²) in [7, 11) is 0. The number of aromatic nitrogens is 2. The molecule has 0 aliphatic rings. The lowest BCUT2D eigenvalue weighted by atomic mass is 9.96. The summed E-state index contributed by atoms with van der Waals surface area (Å²) in [6.45, 7) is 4.29. The van der Waals surface area contributed by atoms with E-state index in [9.17, 15) is 0 Å². The summed E-state index contributed by atoms with van der Waals surface area (Å²) in [5.41, 5.74) is 7.11. The second-order valence-corrected chi connectivity index (χ2v) is 3.25. The molecule has 1 aromatic heterocycles. The Morgan fingerprint density at radius 3 is 2.92 bits per heavy atom. The van der Waals surface area contributed by atoms with Crippen LogP contribution in [0, 0.1) is 0 Å². The maximum atomic E-state index is 5.97. The number of nitrogens with zero attached hydrogens (tertiary/aromatic N) is 1. The molecule has 0 aliphatic heterocycles. The van der Waals surface area contributed by atoms with Gasteiger partial charge in [0.05, 0.1) is 6.33 Å². The van der Waals surface area contributed by atoms with Gasteiger partial charge < -0.3 is 10.7 Å². The Morgan fingerprint density at radius 2 is 2.42 bits per heavy atom. The first kappa shape index (κ1) is 9.26. The molecule has 0 saturated carbocycles. The normalized spacial score (nSPS) is 15.9. The smallest absolute Gasteiger partial charge is 0.0921 e. The quantitative estimate of drug-likeness (QED) is 0.716. The third-order valence-electron chi connectivity index (χ3n) is 2.27. The van der Waals surface area contributed by atoms with Crippen LogP contribution in [-0.4, -0.2) is 16.0 Å². The molecule has 0 fully saturated rings. The highest BCUT2D eigenvalue weighted by atomic mass is 14.9. The minimum absolute atomic E-state index is 0.246. The Bertz CT molecular complexity index is 206. The maximum absolute atomic E-state index is 5.97. The van der Waals surface area contributed by atoms with Gasteiger partial charge in [-0.3, -0.25) is 0 Å². The summed E-state index contributed by atoms with van der Waals surface area (Å²) < 4.78 is 0. The fraction of sp³-hybridized carbons (Fsp3) is 0.667. The molecular formula is C9H17N3. The van der Waals surface area contributed by atoms with Crippen LogP contribution in [0.5, 0.6) is 0 Å². The van der Waals surface area contributed by atoms with Crippen LogP contribution in [0.15, 0.2) is 12.5 Å². The van der Waals surface area contributed by atoms with Crippen molar-refractivity contribution in [3.63, 3.8) is 0 Å². The van der Waals surface area contributed by atoms with Gasteiger partial charge in [-0.1, -0.05) is 20.3 Å². The fourth-order valence-corrected chi connectivity index (χ4v) is 1.33. The SMILES string of the molecule is CCCC(N)C(C)c1cnc[nH]1. The van der Waals surface area contributed by atoms with Crippen molar-refractivity contribution in [3.05, 3.63) is 18.2 Å². The number of hydrogen-bond acceptors (Lipinski definition) is 2. The Hall–Kier alpha value is -0.830. The van der Waals surface area contributed by atoms with Crippen molar-refractivity contribution in [1.29, 1.82) is 0 Å². The summed E-state index contributed by atoms with van der Waals surface area (Å²) in [6.07, 6.45) is 5.75. The number of nitrogens with two attached hydrogens (primary N) is 1. The van der Waals surface area contributed by atoms with Crippen LogP contribution in [0.4, 0.5) is 0 Å². The third kappa shape index (κ3) is 2.08. The average Bonchev–Trinajstić information content (AvgIpc) is 2.55. The van der Waals surface area contributed by atoms with Gasteiger partial charge in [-0.2, -0.15) is 0 Å². The van der Waals surface area contributed by atoms with Crippen molar-refractivity contribution >= 4 is 0 Å². The number of H-pyrrole nitrogens is 1. The lowest BCUT2D eigenvalue weighted by Gasteiger charge is -2.17. The topological polar surface area (TPSA) is 54.7 Å². The summed E-state index contributed by atoms with van der Waals surface area (Å²) in [6, 6.07) is 0.246. The number of hydrogen-bond donors (Lipinski definition) is 2. The summed E-state index contributed by atoms with van der Waals surface area (Å²) in [5.74, 6) is 0.382. The molecule has 2 atom stereocenters. The van der Waals surface area contributed by atoms with Crippen LogP contribution in [0.2, 0.25) is 0 Å². The second kappa shape index (κ2) is 4.26. The lowest BCUT2D eigenvalue weighted by Crippen LogP contribution is -2.26. The first-order valence-electron chi connectivity index (χ1n) is 4.49. The van der Waals surface area contributed by atoms with Gasteiger partial charge in [0.1, 0.15) is 0 Å². The Kier molecular flexibility index (Phi) is 3.29. The van der Waals surface area contributed by atoms with Crippen molar-refractivity contribution in [3.8, 4) is 0 Å². The predicted octanol–water partition coefficient (Wildman–Crippen LogP) is 1.64. The van der Waals surface area contributed by atoms with Gasteiger partial charge in [0.2, 0.25) is 0 Å². The van der Waals surface area contributed by atoms with Gasteiger partial charge in [0.25, 0.3) is 0 Å². The van der Waals surface area contributed by atoms with Crippen molar-refractivity contribution < 1.29 is 0 Å². The van der Waals surface area contributed by atoms with Gasteiger partial charge in [-0.05, 0) is 6.42 Å². The Labute approximate surface area is 73.4 Å². The van der Waals surface area contributed by atoms with E-state index in [0.29, 0.717) is 5.92 Å². The zero-order valence-corrected chi connectivity index (χ0v) is 7.75. The third-order valence-corrected chi connectivity index (χ3v) is 2.27. The average molecular weight is 167 g/mol. The molecule has 0 spiro atoms. The fourth-order valence-electron chi connectivity index (χ4n) is 1.33. The molecular weight excluding hydrogens is 150 g/mol. The number of rotatable bonds is 4. The van der Waals surface area contributed by atoms with E-state index in [1.54, 1.807) is 6.33 Å². The van der Waals surface area contributed by atoms with E-state index in [1.807, 2.05) is 6.20 Å². The van der Waals surface area contributed by atoms with Crippen molar-refractivity contribution in [2.24, 2.45) is 5.73 Å². The largest absolute Gasteiger partial charge is 0.348 e. The molecule has 0 amide bonds. The molecule has 68 valence electrons. The molecule has 0 radical (unpaired) electrons. The van der Waals surface area contributed by atoms with Crippen molar-refractivity contribution in [2.45, 2.75) is 38.6 Å². The highest BCUT2D eigenvalue weighted by molar-refractivity contribution is 5.04. The van der Waals surface area contributed by atoms with Crippen LogP contribution in [0.25, 0.3) is 0 Å². The van der Waals surface area contributed by atoms with Crippen LogP contribution >= 0.6 is 0 Å². The van der Waals surface area contributed by atoms with Gasteiger partial charge in [0.15, 0.2) is 0 Å². The maximum Gasteiger partial charge on any atom is 0.0921 e. The Balaban J connectivity index is 2.53. The summed E-state index contributed by atoms with van der Waals surface area (Å²) in [4.78, 5) is 7.06. The lowest BCUT2D eigenvalue weighted by molar-refractivity contribution is 0.515. The molecule has 1 heterocycles. The van der Waals surface area contributed by atoms with E-state index >= 15 is 0 Å². The highest BCUT2D eigenvalue weighted by Crippen LogP contribution is 2.17. The standard InChI is InChI=1S/C9H17N3/c1-3-4-8(10)7(2)9-5-11-6-12-9/h5-8H,3-4,10H2,1-2H3,(H,11,12). The molecule has 0 aromatic carbocycles. The molecule has 3 N–H and O–H groups in total. The molecule has 3 nitrogen and oxygen atoms in total. The molecule has 0 saturated heterocycles. The molecule has 1 rings (SSSR count). The van der Waals surface area contributed by atoms with E-state index in [1.165, 1.54) is 0 Å². The minimum atomic E-state index is 0.246. The molecule has 3 heteroatoms. The second-order valence-electron chi connectivity index (χ2n) is 3.25. The minimum Gasteiger partial charge on any atom is -0.348 e. The predicted molar refractivity (Wildman–Crippen MR) is 49.9 cm³/mol. The zero-order valence-electron chi connectivity index (χ0n) is 7.75. The van der Waals surface area contributed by atoms with E-state index in [2.05, 4.69) is 23.8 Å². The first-order valence-corrected chi connectivity index (χ1v) is 4.49.